The van der Waals surface area contributed by atoms with Crippen molar-refractivity contribution in [1.82, 2.24) is 10.9 Å². The number of rotatable bonds is 12. The molecule has 0 bridgehead atoms. The fourth-order valence-corrected chi connectivity index (χ4v) is 3.38. The number of halogens is 1. The van der Waals surface area contributed by atoms with Gasteiger partial charge in [-0.15, -0.1) is 0 Å². The van der Waals surface area contributed by atoms with Crippen molar-refractivity contribution in [2.45, 2.75) is 45.4 Å². The monoisotopic (exact) mass is 504 g/mol. The molecule has 8 heteroatoms. The third kappa shape index (κ3) is 9.96. The van der Waals surface area contributed by atoms with Crippen LogP contribution in [0.4, 0.5) is 0 Å². The Bertz CT molecular complexity index is 889. The number of nitrogens with one attached hydrogen (secondary N) is 2. The Morgan fingerprint density at radius 2 is 1.66 bits per heavy atom. The molecule has 0 saturated carbocycles. The molecule has 7 nitrogen and oxygen atoms in total. The first-order chi connectivity index (χ1) is 15.5. The van der Waals surface area contributed by atoms with E-state index in [0.717, 1.165) is 29.3 Å². The fraction of sp³-hybridized carbons (Fsp3) is 0.375. The average Bonchev–Trinajstić information content (AvgIpc) is 2.80. The second kappa shape index (κ2) is 14.2. The Hall–Kier alpha value is -2.87. The number of hydrazine groups is 1. The van der Waals surface area contributed by atoms with E-state index in [1.165, 1.54) is 5.56 Å². The van der Waals surface area contributed by atoms with Crippen molar-refractivity contribution >= 4 is 33.7 Å². The number of carbonyl (C=O) groups excluding carboxylic acids is 3. The largest absolute Gasteiger partial charge is 0.483 e. The molecule has 0 fully saturated rings. The summed E-state index contributed by atoms with van der Waals surface area (Å²) in [4.78, 5) is 35.4. The van der Waals surface area contributed by atoms with Gasteiger partial charge in [-0.25, -0.2) is 0 Å². The number of hydrogen-bond donors (Lipinski definition) is 2. The van der Waals surface area contributed by atoms with Gasteiger partial charge in [0, 0.05) is 12.8 Å². The Morgan fingerprint density at radius 3 is 2.38 bits per heavy atom. The molecular weight excluding hydrogens is 476 g/mol. The van der Waals surface area contributed by atoms with Gasteiger partial charge in [-0.3, -0.25) is 25.2 Å². The van der Waals surface area contributed by atoms with Gasteiger partial charge < -0.3 is 9.47 Å². The SMILES string of the molecule is CCc1ccc(OCC(=O)NNC(=O)CCCC(=O)OCCCc2ccccc2)c(Br)c1. The van der Waals surface area contributed by atoms with E-state index in [4.69, 9.17) is 9.47 Å². The minimum atomic E-state index is -0.484. The van der Waals surface area contributed by atoms with Crippen LogP contribution >= 0.6 is 15.9 Å². The Kier molecular flexibility index (Phi) is 11.3. The van der Waals surface area contributed by atoms with Crippen LogP contribution in [0.5, 0.6) is 5.75 Å². The van der Waals surface area contributed by atoms with Crippen molar-refractivity contribution in [1.29, 1.82) is 0 Å². The van der Waals surface area contributed by atoms with Crippen LogP contribution in [0.2, 0.25) is 0 Å². The van der Waals surface area contributed by atoms with Gasteiger partial charge in [-0.05, 0) is 64.9 Å². The first kappa shape index (κ1) is 25.4. The number of carbonyl (C=O) groups is 3. The van der Waals surface area contributed by atoms with E-state index in [0.29, 0.717) is 18.8 Å². The van der Waals surface area contributed by atoms with Gasteiger partial charge in [-0.2, -0.15) is 0 Å². The van der Waals surface area contributed by atoms with Crippen molar-refractivity contribution in [2.75, 3.05) is 13.2 Å². The van der Waals surface area contributed by atoms with Crippen LogP contribution in [-0.4, -0.2) is 31.0 Å². The summed E-state index contributed by atoms with van der Waals surface area (Å²) in [6.45, 7) is 2.17. The quantitative estimate of drug-likeness (QED) is 0.260. The highest BCUT2D eigenvalue weighted by Gasteiger charge is 2.09. The molecule has 0 atom stereocenters. The lowest BCUT2D eigenvalue weighted by atomic mass is 10.1. The van der Waals surface area contributed by atoms with E-state index in [2.05, 4.69) is 33.7 Å². The smallest absolute Gasteiger partial charge is 0.305 e. The molecule has 0 saturated heterocycles. The standard InChI is InChI=1S/C24H29BrN2O5/c1-2-18-13-14-21(20(25)16-18)32-17-23(29)27-26-22(28)11-6-12-24(30)31-15-7-10-19-8-4-3-5-9-19/h3-5,8-9,13-14,16H,2,6-7,10-12,15,17H2,1H3,(H,26,28)(H,27,29). The molecule has 0 radical (unpaired) electrons. The number of hydrogen-bond acceptors (Lipinski definition) is 5. The molecule has 0 aliphatic carbocycles. The predicted octanol–water partition coefficient (Wildman–Crippen LogP) is 3.88. The first-order valence-corrected chi connectivity index (χ1v) is 11.5. The van der Waals surface area contributed by atoms with Gasteiger partial charge in [0.1, 0.15) is 5.75 Å². The van der Waals surface area contributed by atoms with E-state index >= 15 is 0 Å². The zero-order chi connectivity index (χ0) is 23.2. The van der Waals surface area contributed by atoms with Gasteiger partial charge in [0.2, 0.25) is 5.91 Å². The van der Waals surface area contributed by atoms with Gasteiger partial charge in [0.25, 0.3) is 5.91 Å². The number of aryl methyl sites for hydroxylation is 2. The van der Waals surface area contributed by atoms with Crippen LogP contribution < -0.4 is 15.6 Å². The van der Waals surface area contributed by atoms with Crippen molar-refractivity contribution in [3.05, 3.63) is 64.1 Å². The summed E-state index contributed by atoms with van der Waals surface area (Å²) in [5, 5.41) is 0. The summed E-state index contributed by atoms with van der Waals surface area (Å²) < 4.78 is 11.4. The van der Waals surface area contributed by atoms with Gasteiger partial charge in [0.15, 0.2) is 6.61 Å². The average molecular weight is 505 g/mol. The minimum absolute atomic E-state index is 0.101. The first-order valence-electron chi connectivity index (χ1n) is 10.7. The molecule has 0 aromatic heterocycles. The van der Waals surface area contributed by atoms with Crippen LogP contribution in [0, 0.1) is 0 Å². The Labute approximate surface area is 197 Å². The molecule has 0 heterocycles. The molecular formula is C24H29BrN2O5. The van der Waals surface area contributed by atoms with Crippen LogP contribution in [0.3, 0.4) is 0 Å². The molecule has 0 aliphatic heterocycles. The molecule has 0 spiro atoms. The summed E-state index contributed by atoms with van der Waals surface area (Å²) in [6.07, 6.45) is 3.09. The van der Waals surface area contributed by atoms with E-state index in [1.54, 1.807) is 6.07 Å². The second-order valence-corrected chi connectivity index (χ2v) is 8.02. The van der Waals surface area contributed by atoms with Crippen LogP contribution in [0.25, 0.3) is 0 Å². The van der Waals surface area contributed by atoms with Crippen molar-refractivity contribution in [2.24, 2.45) is 0 Å². The van der Waals surface area contributed by atoms with E-state index in [-0.39, 0.29) is 31.3 Å². The molecule has 172 valence electrons. The maximum atomic E-state index is 11.8. The molecule has 32 heavy (non-hydrogen) atoms. The third-order valence-electron chi connectivity index (χ3n) is 4.61. The van der Waals surface area contributed by atoms with Crippen molar-refractivity contribution < 1.29 is 23.9 Å². The maximum absolute atomic E-state index is 11.8. The van der Waals surface area contributed by atoms with Crippen LogP contribution in [0.1, 0.15) is 43.7 Å². The summed E-state index contributed by atoms with van der Waals surface area (Å²) in [7, 11) is 0. The lowest BCUT2D eigenvalue weighted by molar-refractivity contribution is -0.144. The normalized spacial score (nSPS) is 10.3. The number of benzene rings is 2. The molecule has 2 N–H and O–H groups in total. The lowest BCUT2D eigenvalue weighted by Crippen LogP contribution is -2.43. The van der Waals surface area contributed by atoms with Crippen molar-refractivity contribution in [3.8, 4) is 5.75 Å². The van der Waals surface area contributed by atoms with Crippen LogP contribution in [0.15, 0.2) is 53.0 Å². The highest BCUT2D eigenvalue weighted by molar-refractivity contribution is 9.10. The molecule has 2 aromatic carbocycles. The molecule has 2 amide bonds. The number of ether oxygens (including phenoxy) is 2. The molecule has 2 rings (SSSR count). The summed E-state index contributed by atoms with van der Waals surface area (Å²) in [5.74, 6) is -0.653. The highest BCUT2D eigenvalue weighted by Crippen LogP contribution is 2.26. The Balaban J connectivity index is 1.52. The molecule has 2 aromatic rings. The fourth-order valence-electron chi connectivity index (χ4n) is 2.84. The predicted molar refractivity (Wildman–Crippen MR) is 125 cm³/mol. The van der Waals surface area contributed by atoms with E-state index in [1.807, 2.05) is 42.5 Å². The zero-order valence-electron chi connectivity index (χ0n) is 18.2. The summed E-state index contributed by atoms with van der Waals surface area (Å²) in [5.41, 5.74) is 6.96. The van der Waals surface area contributed by atoms with E-state index in [9.17, 15) is 14.4 Å². The zero-order valence-corrected chi connectivity index (χ0v) is 19.8. The summed E-state index contributed by atoms with van der Waals surface area (Å²) in [6, 6.07) is 15.6. The summed E-state index contributed by atoms with van der Waals surface area (Å²) >= 11 is 3.41. The van der Waals surface area contributed by atoms with Crippen molar-refractivity contribution in [3.63, 3.8) is 0 Å². The lowest BCUT2D eigenvalue weighted by Gasteiger charge is -2.10. The van der Waals surface area contributed by atoms with Gasteiger partial charge >= 0.3 is 5.97 Å². The minimum Gasteiger partial charge on any atom is -0.483 e. The molecule has 0 unspecified atom stereocenters. The second-order valence-electron chi connectivity index (χ2n) is 7.17. The van der Waals surface area contributed by atoms with Crippen LogP contribution in [-0.2, 0) is 32.0 Å². The third-order valence-corrected chi connectivity index (χ3v) is 5.22. The van der Waals surface area contributed by atoms with E-state index < -0.39 is 5.91 Å². The Morgan fingerprint density at radius 1 is 0.906 bits per heavy atom. The number of esters is 1. The maximum Gasteiger partial charge on any atom is 0.305 e. The topological polar surface area (TPSA) is 93.7 Å². The highest BCUT2D eigenvalue weighted by atomic mass is 79.9. The van der Waals surface area contributed by atoms with Gasteiger partial charge in [0.05, 0.1) is 11.1 Å². The molecule has 0 aliphatic rings. The van der Waals surface area contributed by atoms with Gasteiger partial charge in [-0.1, -0.05) is 43.3 Å². The number of amides is 2.